The van der Waals surface area contributed by atoms with Crippen molar-refractivity contribution in [3.8, 4) is 28.4 Å². The predicted octanol–water partition coefficient (Wildman–Crippen LogP) is 4.32. The number of benzene rings is 2. The zero-order chi connectivity index (χ0) is 28.8. The summed E-state index contributed by atoms with van der Waals surface area (Å²) in [6.45, 7) is 2.01. The number of nitrogens with zero attached hydrogens (tertiary/aromatic N) is 4. The quantitative estimate of drug-likeness (QED) is 0.233. The lowest BCUT2D eigenvalue weighted by molar-refractivity contribution is 0.0696. The van der Waals surface area contributed by atoms with E-state index in [1.54, 1.807) is 18.4 Å². The summed E-state index contributed by atoms with van der Waals surface area (Å²) in [5.74, 6) is 0.385. The van der Waals surface area contributed by atoms with E-state index < -0.39 is 17.0 Å². The van der Waals surface area contributed by atoms with Gasteiger partial charge in [-0.2, -0.15) is 0 Å². The number of carboxylic acid groups (broad SMARTS) is 1. The molecule has 1 saturated heterocycles. The first kappa shape index (κ1) is 28.4. The standard InChI is InChI=1S/C21H22N6OS.C7H6O4S/c1-28-16-6-2-4-14(12-16)18-19(27-10-11-29-21(27)26-18)17-7-9-23-20(25-17)24-15-5-3-8-22-13-15;8-7(9)5-1-3-6(4-2-5)12(10)11/h2,4,6-7,9-12,15,22H,3,5,8,13H2,1H3,(H,23,24,25);1-4H,(H,8,9)(H,10,11)/p-1/t15-;/m1./s1. The first-order valence-electron chi connectivity index (χ1n) is 12.8. The van der Waals surface area contributed by atoms with Gasteiger partial charge in [-0.05, 0) is 72.9 Å². The summed E-state index contributed by atoms with van der Waals surface area (Å²) in [7, 11) is 1.67. The van der Waals surface area contributed by atoms with E-state index in [0.29, 0.717) is 12.0 Å². The highest BCUT2D eigenvalue weighted by Gasteiger charge is 2.20. The maximum absolute atomic E-state index is 10.3. The molecule has 4 heterocycles. The number of nitrogens with one attached hydrogen (secondary N) is 2. The van der Waals surface area contributed by atoms with Crippen LogP contribution in [0.1, 0.15) is 23.2 Å². The van der Waals surface area contributed by atoms with Gasteiger partial charge in [0.05, 0.1) is 24.1 Å². The monoisotopic (exact) mass is 591 g/mol. The zero-order valence-electron chi connectivity index (χ0n) is 22.0. The van der Waals surface area contributed by atoms with Gasteiger partial charge in [-0.3, -0.25) is 8.61 Å². The van der Waals surface area contributed by atoms with Crippen LogP contribution in [0, 0.1) is 0 Å². The molecule has 1 unspecified atom stereocenters. The second kappa shape index (κ2) is 13.0. The van der Waals surface area contributed by atoms with Crippen LogP contribution in [0.3, 0.4) is 0 Å². The molecule has 41 heavy (non-hydrogen) atoms. The van der Waals surface area contributed by atoms with Crippen LogP contribution < -0.4 is 15.4 Å². The maximum atomic E-state index is 10.3. The van der Waals surface area contributed by atoms with Gasteiger partial charge in [-0.15, -0.1) is 11.3 Å². The van der Waals surface area contributed by atoms with Gasteiger partial charge in [0.25, 0.3) is 0 Å². The van der Waals surface area contributed by atoms with E-state index in [1.807, 2.05) is 48.1 Å². The maximum Gasteiger partial charge on any atom is 0.335 e. The molecule has 6 rings (SSSR count). The molecule has 2 atom stereocenters. The molecule has 5 aromatic rings. The molecule has 0 saturated carbocycles. The van der Waals surface area contributed by atoms with E-state index in [-0.39, 0.29) is 10.5 Å². The molecule has 0 amide bonds. The fraction of sp³-hybridized carbons (Fsp3) is 0.214. The Balaban J connectivity index is 0.000000237. The number of imidazole rings is 1. The van der Waals surface area contributed by atoms with Crippen molar-refractivity contribution in [2.45, 2.75) is 23.8 Å². The minimum atomic E-state index is -2.29. The lowest BCUT2D eigenvalue weighted by Gasteiger charge is -2.23. The first-order valence-corrected chi connectivity index (χ1v) is 14.7. The van der Waals surface area contributed by atoms with E-state index in [0.717, 1.165) is 59.3 Å². The average Bonchev–Trinajstić information content (AvgIpc) is 3.60. The van der Waals surface area contributed by atoms with Gasteiger partial charge in [0.15, 0.2) is 4.96 Å². The van der Waals surface area contributed by atoms with Gasteiger partial charge in [-0.1, -0.05) is 12.1 Å². The molecule has 1 aliphatic heterocycles. The number of piperidine rings is 1. The molecule has 11 nitrogen and oxygen atoms in total. The number of aromatic carboxylic acids is 1. The zero-order valence-corrected chi connectivity index (χ0v) is 23.7. The minimum Gasteiger partial charge on any atom is -0.768 e. The Hall–Kier alpha value is -4.17. The molecular weight excluding hydrogens is 564 g/mol. The number of anilines is 1. The van der Waals surface area contributed by atoms with Gasteiger partial charge < -0.3 is 25.0 Å². The van der Waals surface area contributed by atoms with Crippen LogP contribution in [0.4, 0.5) is 5.95 Å². The normalized spacial score (nSPS) is 15.5. The van der Waals surface area contributed by atoms with Crippen molar-refractivity contribution in [3.63, 3.8) is 0 Å². The van der Waals surface area contributed by atoms with E-state index in [2.05, 4.69) is 20.0 Å². The topological polar surface area (TPSA) is 154 Å². The number of ether oxygens (including phenoxy) is 1. The molecular formula is C28H27N6O5S2-. The third kappa shape index (κ3) is 6.77. The summed E-state index contributed by atoms with van der Waals surface area (Å²) < 4.78 is 28.2. The van der Waals surface area contributed by atoms with Gasteiger partial charge in [0.2, 0.25) is 5.95 Å². The summed E-state index contributed by atoms with van der Waals surface area (Å²) in [5.41, 5.74) is 3.76. The van der Waals surface area contributed by atoms with Gasteiger partial charge in [0.1, 0.15) is 11.4 Å². The Morgan fingerprint density at radius 1 is 1.22 bits per heavy atom. The molecule has 1 aliphatic rings. The number of carbonyl (C=O) groups is 1. The van der Waals surface area contributed by atoms with Gasteiger partial charge in [-0.25, -0.2) is 19.7 Å². The Morgan fingerprint density at radius 3 is 2.76 bits per heavy atom. The number of hydrogen-bond donors (Lipinski definition) is 3. The van der Waals surface area contributed by atoms with Crippen LogP contribution in [0.2, 0.25) is 0 Å². The summed E-state index contributed by atoms with van der Waals surface area (Å²) in [6.07, 6.45) is 6.13. The molecule has 0 spiro atoms. The molecule has 3 N–H and O–H groups in total. The van der Waals surface area contributed by atoms with Crippen LogP contribution in [-0.4, -0.2) is 65.4 Å². The molecule has 0 bridgehead atoms. The lowest BCUT2D eigenvalue weighted by atomic mass is 10.1. The number of fused-ring (bicyclic) bond motifs is 1. The summed E-state index contributed by atoms with van der Waals surface area (Å²) in [6, 6.07) is 15.2. The van der Waals surface area contributed by atoms with Crippen LogP contribution in [-0.2, 0) is 11.1 Å². The SMILES string of the molecule is COc1cccc(-c2nc3sccn3c2-c2ccnc(N[C@@H]3CCCNC3)n2)c1.O=C(O)c1ccc(S(=O)[O-])cc1. The Kier molecular flexibility index (Phi) is 8.99. The third-order valence-electron chi connectivity index (χ3n) is 6.43. The molecule has 2 aromatic carbocycles. The highest BCUT2D eigenvalue weighted by Crippen LogP contribution is 2.35. The van der Waals surface area contributed by atoms with Crippen molar-refractivity contribution in [2.75, 3.05) is 25.5 Å². The fourth-order valence-corrected chi connectivity index (χ4v) is 5.50. The number of thiazole rings is 1. The van der Waals surface area contributed by atoms with E-state index in [1.165, 1.54) is 24.3 Å². The van der Waals surface area contributed by atoms with Crippen molar-refractivity contribution < 1.29 is 23.4 Å². The van der Waals surface area contributed by atoms with E-state index in [9.17, 15) is 13.6 Å². The largest absolute Gasteiger partial charge is 0.768 e. The molecule has 1 fully saturated rings. The van der Waals surface area contributed by atoms with Crippen LogP contribution in [0.25, 0.3) is 27.6 Å². The Bertz CT molecular complexity index is 1630. The van der Waals surface area contributed by atoms with Crippen LogP contribution in [0.5, 0.6) is 5.75 Å². The van der Waals surface area contributed by atoms with E-state index in [4.69, 9.17) is 19.8 Å². The fourth-order valence-electron chi connectivity index (χ4n) is 4.43. The number of hydrogen-bond acceptors (Lipinski definition) is 10. The molecule has 13 heteroatoms. The molecule has 212 valence electrons. The average molecular weight is 592 g/mol. The number of rotatable bonds is 7. The van der Waals surface area contributed by atoms with Crippen LogP contribution >= 0.6 is 11.3 Å². The van der Waals surface area contributed by atoms with Crippen molar-refractivity contribution in [1.82, 2.24) is 24.7 Å². The second-order valence-electron chi connectivity index (χ2n) is 9.11. The summed E-state index contributed by atoms with van der Waals surface area (Å²) >= 11 is -0.686. The van der Waals surface area contributed by atoms with Crippen molar-refractivity contribution in [3.05, 3.63) is 77.9 Å². The smallest absolute Gasteiger partial charge is 0.335 e. The predicted molar refractivity (Wildman–Crippen MR) is 156 cm³/mol. The van der Waals surface area contributed by atoms with Gasteiger partial charge in [0, 0.05) is 40.8 Å². The molecule has 3 aromatic heterocycles. The summed E-state index contributed by atoms with van der Waals surface area (Å²) in [4.78, 5) is 25.5. The third-order valence-corrected chi connectivity index (χ3v) is 7.84. The first-order chi connectivity index (χ1) is 19.9. The highest BCUT2D eigenvalue weighted by molar-refractivity contribution is 7.79. The second-order valence-corrected chi connectivity index (χ2v) is 10.9. The lowest BCUT2D eigenvalue weighted by Crippen LogP contribution is -2.38. The molecule has 0 radical (unpaired) electrons. The highest BCUT2D eigenvalue weighted by atomic mass is 32.2. The van der Waals surface area contributed by atoms with Gasteiger partial charge >= 0.3 is 5.97 Å². The van der Waals surface area contributed by atoms with Crippen molar-refractivity contribution in [2.24, 2.45) is 0 Å². The van der Waals surface area contributed by atoms with Crippen molar-refractivity contribution in [1.29, 1.82) is 0 Å². The van der Waals surface area contributed by atoms with Crippen molar-refractivity contribution >= 4 is 39.3 Å². The van der Waals surface area contributed by atoms with Crippen LogP contribution in [0.15, 0.2) is 77.3 Å². The number of carboxylic acids is 1. The molecule has 0 aliphatic carbocycles. The van der Waals surface area contributed by atoms with E-state index >= 15 is 0 Å². The number of methoxy groups -OCH3 is 1. The minimum absolute atomic E-state index is 0.0733. The number of aromatic nitrogens is 4. The Morgan fingerprint density at radius 2 is 2.05 bits per heavy atom. The summed E-state index contributed by atoms with van der Waals surface area (Å²) in [5, 5.41) is 17.4. The Labute approximate surface area is 242 Å².